The Morgan fingerprint density at radius 1 is 1.23 bits per heavy atom. The molecule has 1 fully saturated rings. The molecule has 2 aliphatic rings. The Balaban J connectivity index is 1.89. The summed E-state index contributed by atoms with van der Waals surface area (Å²) >= 11 is 1.55. The van der Waals surface area contributed by atoms with Gasteiger partial charge >= 0.3 is 5.97 Å². The molecule has 7 atom stereocenters. The summed E-state index contributed by atoms with van der Waals surface area (Å²) in [6.07, 6.45) is 3.84. The van der Waals surface area contributed by atoms with Crippen molar-refractivity contribution in [3.05, 3.63) is 33.8 Å². The summed E-state index contributed by atoms with van der Waals surface area (Å²) in [6, 6.07) is 0. The van der Waals surface area contributed by atoms with E-state index >= 15 is 0 Å². The lowest BCUT2D eigenvalue weighted by molar-refractivity contribution is -0.154. The van der Waals surface area contributed by atoms with Crippen molar-refractivity contribution in [3.8, 4) is 0 Å². The second-order valence-electron chi connectivity index (χ2n) is 10.9. The minimum absolute atomic E-state index is 0.0968. The van der Waals surface area contributed by atoms with Gasteiger partial charge in [0, 0.05) is 23.6 Å². The van der Waals surface area contributed by atoms with Gasteiger partial charge in [0.25, 0.3) is 0 Å². The van der Waals surface area contributed by atoms with E-state index in [4.69, 9.17) is 9.47 Å². The Morgan fingerprint density at radius 3 is 2.54 bits per heavy atom. The molecule has 35 heavy (non-hydrogen) atoms. The summed E-state index contributed by atoms with van der Waals surface area (Å²) in [6.45, 7) is 12.6. The molecule has 1 saturated heterocycles. The largest absolute Gasteiger partial charge is 0.458 e. The Hall–Kier alpha value is -1.87. The number of cyclic esters (lactones) is 1. The number of aromatic nitrogens is 1. The zero-order valence-electron chi connectivity index (χ0n) is 21.8. The van der Waals surface area contributed by atoms with Crippen LogP contribution in [0.5, 0.6) is 0 Å². The number of fused-ring (bicyclic) bond motifs is 1. The maximum absolute atomic E-state index is 13.2. The quantitative estimate of drug-likeness (QED) is 0.351. The van der Waals surface area contributed by atoms with Crippen molar-refractivity contribution in [1.29, 1.82) is 0 Å². The van der Waals surface area contributed by atoms with E-state index in [0.29, 0.717) is 12.8 Å². The summed E-state index contributed by atoms with van der Waals surface area (Å²) in [5.74, 6) is -1.83. The van der Waals surface area contributed by atoms with Gasteiger partial charge in [-0.05, 0) is 38.8 Å². The fourth-order valence-corrected chi connectivity index (χ4v) is 5.24. The smallest absolute Gasteiger partial charge is 0.309 e. The SMILES string of the molecule is CC(=Cc1csc(C)n1)[C@@H]1CC2O[C@]2(C)CC=C[C@H](C)[C@H](O)[C@@H](C)C(=O)C(C)(C)[C@@H](O)CC(=O)O1. The molecular weight excluding hydrogens is 466 g/mol. The van der Waals surface area contributed by atoms with Crippen molar-refractivity contribution < 1.29 is 29.3 Å². The van der Waals surface area contributed by atoms with E-state index in [0.717, 1.165) is 16.3 Å². The van der Waals surface area contributed by atoms with Crippen LogP contribution in [-0.4, -0.2) is 57.0 Å². The Morgan fingerprint density at radius 2 is 1.91 bits per heavy atom. The lowest BCUT2D eigenvalue weighted by Crippen LogP contribution is -2.45. The molecule has 2 N–H and O–H groups in total. The van der Waals surface area contributed by atoms with Gasteiger partial charge in [-0.25, -0.2) is 4.98 Å². The molecule has 7 nitrogen and oxygen atoms in total. The number of rotatable bonds is 2. The first kappa shape index (κ1) is 27.7. The van der Waals surface area contributed by atoms with E-state index in [9.17, 15) is 19.8 Å². The number of ketones is 1. The summed E-state index contributed by atoms with van der Waals surface area (Å²) in [7, 11) is 0. The number of aliphatic hydroxyl groups excluding tert-OH is 2. The van der Waals surface area contributed by atoms with Gasteiger partial charge in [0.15, 0.2) is 0 Å². The lowest BCUT2D eigenvalue weighted by atomic mass is 9.73. The predicted octanol–water partition coefficient (Wildman–Crippen LogP) is 4.25. The van der Waals surface area contributed by atoms with Crippen LogP contribution < -0.4 is 0 Å². The summed E-state index contributed by atoms with van der Waals surface area (Å²) in [5.41, 5.74) is 0.0391. The van der Waals surface area contributed by atoms with Crippen LogP contribution in [-0.2, 0) is 19.1 Å². The van der Waals surface area contributed by atoms with Crippen molar-refractivity contribution in [3.63, 3.8) is 0 Å². The van der Waals surface area contributed by atoms with Gasteiger partial charge in [-0.2, -0.15) is 0 Å². The fraction of sp³-hybridized carbons (Fsp3) is 0.667. The number of carbonyl (C=O) groups excluding carboxylic acids is 2. The molecule has 3 heterocycles. The molecule has 194 valence electrons. The zero-order valence-corrected chi connectivity index (χ0v) is 22.6. The van der Waals surface area contributed by atoms with E-state index in [1.807, 2.05) is 51.3 Å². The number of hydrogen-bond acceptors (Lipinski definition) is 8. The molecule has 2 aliphatic heterocycles. The molecular formula is C27H39NO6S. The van der Waals surface area contributed by atoms with Crippen LogP contribution in [0.2, 0.25) is 0 Å². The minimum Gasteiger partial charge on any atom is -0.458 e. The minimum atomic E-state index is -1.25. The molecule has 1 unspecified atom stereocenters. The summed E-state index contributed by atoms with van der Waals surface area (Å²) in [5, 5.41) is 24.5. The second-order valence-corrected chi connectivity index (χ2v) is 12.0. The maximum atomic E-state index is 13.2. The Kier molecular flexibility index (Phi) is 8.41. The van der Waals surface area contributed by atoms with Gasteiger partial charge in [0.05, 0.1) is 46.5 Å². The van der Waals surface area contributed by atoms with Crippen molar-refractivity contribution in [2.24, 2.45) is 17.3 Å². The van der Waals surface area contributed by atoms with E-state index in [1.54, 1.807) is 32.1 Å². The lowest BCUT2D eigenvalue weighted by Gasteiger charge is -2.34. The van der Waals surface area contributed by atoms with Crippen LogP contribution in [0.3, 0.4) is 0 Å². The molecule has 0 saturated carbocycles. The highest BCUT2D eigenvalue weighted by molar-refractivity contribution is 7.09. The zero-order chi connectivity index (χ0) is 26.1. The summed E-state index contributed by atoms with van der Waals surface area (Å²) < 4.78 is 11.9. The van der Waals surface area contributed by atoms with Crippen LogP contribution in [0.25, 0.3) is 6.08 Å². The van der Waals surface area contributed by atoms with Crippen molar-refractivity contribution >= 4 is 29.2 Å². The highest BCUT2D eigenvalue weighted by Crippen LogP contribution is 2.44. The van der Waals surface area contributed by atoms with Crippen molar-refractivity contribution in [1.82, 2.24) is 4.98 Å². The Labute approximate surface area is 212 Å². The van der Waals surface area contributed by atoms with E-state index in [1.165, 1.54) is 0 Å². The molecule has 1 aromatic heterocycles. The molecule has 0 radical (unpaired) electrons. The number of aryl methyl sites for hydroxylation is 1. The van der Waals surface area contributed by atoms with Gasteiger partial charge in [0.2, 0.25) is 0 Å². The highest BCUT2D eigenvalue weighted by Gasteiger charge is 2.52. The van der Waals surface area contributed by atoms with Gasteiger partial charge in [0.1, 0.15) is 11.9 Å². The summed E-state index contributed by atoms with van der Waals surface area (Å²) in [4.78, 5) is 30.6. The topological polar surface area (TPSA) is 109 Å². The number of ether oxygens (including phenoxy) is 2. The number of carbonyl (C=O) groups is 2. The van der Waals surface area contributed by atoms with Crippen LogP contribution in [0.4, 0.5) is 0 Å². The van der Waals surface area contributed by atoms with E-state index < -0.39 is 35.6 Å². The monoisotopic (exact) mass is 505 g/mol. The Bertz CT molecular complexity index is 998. The second kappa shape index (κ2) is 10.6. The highest BCUT2D eigenvalue weighted by atomic mass is 32.1. The first-order valence-electron chi connectivity index (χ1n) is 12.3. The average Bonchev–Trinajstić information content (AvgIpc) is 3.22. The van der Waals surface area contributed by atoms with Crippen molar-refractivity contribution in [2.75, 3.05) is 0 Å². The van der Waals surface area contributed by atoms with E-state index in [-0.39, 0.29) is 29.8 Å². The third kappa shape index (κ3) is 6.47. The van der Waals surface area contributed by atoms with Gasteiger partial charge < -0.3 is 19.7 Å². The predicted molar refractivity (Wildman–Crippen MR) is 136 cm³/mol. The average molecular weight is 506 g/mol. The molecule has 0 aromatic carbocycles. The number of esters is 1. The van der Waals surface area contributed by atoms with Crippen LogP contribution in [0.15, 0.2) is 23.1 Å². The first-order valence-corrected chi connectivity index (χ1v) is 13.2. The molecule has 3 rings (SSSR count). The van der Waals surface area contributed by atoms with Gasteiger partial charge in [-0.1, -0.05) is 39.8 Å². The number of Topliss-reactive ketones (excluding diaryl/α,β-unsaturated/α-hetero) is 1. The molecule has 0 aliphatic carbocycles. The van der Waals surface area contributed by atoms with E-state index in [2.05, 4.69) is 4.98 Å². The molecule has 8 heteroatoms. The normalized spacial score (nSPS) is 37.0. The van der Waals surface area contributed by atoms with Crippen LogP contribution in [0.1, 0.15) is 71.5 Å². The molecule has 1 aromatic rings. The number of epoxide rings is 1. The third-order valence-corrected chi connectivity index (χ3v) is 8.30. The molecule has 0 spiro atoms. The van der Waals surface area contributed by atoms with Crippen molar-refractivity contribution in [2.45, 2.75) is 97.7 Å². The maximum Gasteiger partial charge on any atom is 0.309 e. The number of thiazole rings is 1. The standard InChI is InChI=1S/C27H39NO6S/c1-15-9-8-10-27(7)22(34-27)12-20(16(2)11-19-14-35-18(4)28-19)33-23(30)13-21(29)26(5,6)25(32)17(3)24(15)31/h8-9,11,14-15,17,20-22,24,29,31H,10,12-13H2,1-7H3/t15-,17+,20-,21-,22?,24-,27+/m0/s1. The number of hydrogen-bond donors (Lipinski definition) is 2. The number of aliphatic hydroxyl groups is 2. The molecule has 0 amide bonds. The number of nitrogens with zero attached hydrogens (tertiary/aromatic N) is 1. The van der Waals surface area contributed by atoms with Gasteiger partial charge in [-0.3, -0.25) is 9.59 Å². The van der Waals surface area contributed by atoms with Crippen LogP contribution in [0, 0.1) is 24.2 Å². The van der Waals surface area contributed by atoms with Gasteiger partial charge in [-0.15, -0.1) is 11.3 Å². The third-order valence-electron chi connectivity index (χ3n) is 7.51. The fourth-order valence-electron chi connectivity index (χ4n) is 4.67. The molecule has 0 bridgehead atoms. The first-order chi connectivity index (χ1) is 16.2. The van der Waals surface area contributed by atoms with Crippen LogP contribution >= 0.6 is 11.3 Å².